The third-order valence-corrected chi connectivity index (χ3v) is 2.26. The number of fused-ring (bicyclic) bond motifs is 1. The zero-order chi connectivity index (χ0) is 9.26. The predicted octanol–water partition coefficient (Wildman–Crippen LogP) is 2.49. The second-order valence-corrected chi connectivity index (χ2v) is 3.01. The van der Waals surface area contributed by atoms with Gasteiger partial charge in [-0.25, -0.2) is 0 Å². The summed E-state index contributed by atoms with van der Waals surface area (Å²) in [4.78, 5) is 0. The van der Waals surface area contributed by atoms with Crippen LogP contribution in [-0.2, 0) is 13.0 Å². The lowest BCUT2D eigenvalue weighted by atomic mass is 10.1. The topological polar surface area (TPSA) is 33.4 Å². The maximum atomic E-state index is 9.18. The van der Waals surface area contributed by atoms with Gasteiger partial charge in [0.1, 0.15) is 11.3 Å². The van der Waals surface area contributed by atoms with Gasteiger partial charge in [0.2, 0.25) is 0 Å². The average Bonchev–Trinajstić information content (AvgIpc) is 2.55. The van der Waals surface area contributed by atoms with Gasteiger partial charge in [0.15, 0.2) is 0 Å². The van der Waals surface area contributed by atoms with Gasteiger partial charge in [-0.1, -0.05) is 25.1 Å². The number of furan rings is 1. The van der Waals surface area contributed by atoms with Gasteiger partial charge in [0, 0.05) is 17.4 Å². The van der Waals surface area contributed by atoms with Crippen molar-refractivity contribution in [2.24, 2.45) is 0 Å². The van der Waals surface area contributed by atoms with Crippen LogP contribution < -0.4 is 0 Å². The van der Waals surface area contributed by atoms with E-state index in [1.807, 2.05) is 31.2 Å². The second-order valence-electron chi connectivity index (χ2n) is 3.01. The second kappa shape index (κ2) is 3.23. The van der Waals surface area contributed by atoms with Crippen molar-refractivity contribution < 1.29 is 9.52 Å². The lowest BCUT2D eigenvalue weighted by Gasteiger charge is -1.93. The minimum atomic E-state index is 0.0557. The van der Waals surface area contributed by atoms with Crippen LogP contribution >= 0.6 is 0 Å². The summed E-state index contributed by atoms with van der Waals surface area (Å²) in [6.45, 7) is 2.08. The molecule has 0 saturated carbocycles. The van der Waals surface area contributed by atoms with Gasteiger partial charge in [0.25, 0.3) is 0 Å². The van der Waals surface area contributed by atoms with E-state index < -0.39 is 0 Å². The number of aryl methyl sites for hydroxylation is 1. The zero-order valence-corrected chi connectivity index (χ0v) is 7.58. The van der Waals surface area contributed by atoms with Crippen LogP contribution in [0.3, 0.4) is 0 Å². The minimum Gasteiger partial charge on any atom is -0.461 e. The Morgan fingerprint density at radius 3 is 2.77 bits per heavy atom. The van der Waals surface area contributed by atoms with E-state index >= 15 is 0 Å². The third kappa shape index (κ3) is 1.23. The zero-order valence-electron chi connectivity index (χ0n) is 7.58. The molecular weight excluding hydrogens is 164 g/mol. The number of aliphatic hydroxyl groups is 1. The van der Waals surface area contributed by atoms with E-state index in [4.69, 9.17) is 4.42 Å². The van der Waals surface area contributed by atoms with E-state index in [0.717, 1.165) is 28.7 Å². The van der Waals surface area contributed by atoms with Crippen molar-refractivity contribution in [3.05, 3.63) is 35.6 Å². The van der Waals surface area contributed by atoms with Crippen molar-refractivity contribution in [2.75, 3.05) is 0 Å². The molecule has 1 heterocycles. The molecule has 0 spiro atoms. The van der Waals surface area contributed by atoms with E-state index in [2.05, 4.69) is 0 Å². The highest BCUT2D eigenvalue weighted by Crippen LogP contribution is 2.25. The van der Waals surface area contributed by atoms with Crippen LogP contribution in [0.1, 0.15) is 18.2 Å². The van der Waals surface area contributed by atoms with E-state index in [-0.39, 0.29) is 6.61 Å². The fraction of sp³-hybridized carbons (Fsp3) is 0.273. The van der Waals surface area contributed by atoms with Crippen LogP contribution in [0.15, 0.2) is 28.7 Å². The molecular formula is C11H12O2. The smallest absolute Gasteiger partial charge is 0.134 e. The Labute approximate surface area is 76.8 Å². The summed E-state index contributed by atoms with van der Waals surface area (Å²) < 4.78 is 5.58. The van der Waals surface area contributed by atoms with Crippen LogP contribution in [0.25, 0.3) is 11.0 Å². The largest absolute Gasteiger partial charge is 0.461 e. The Morgan fingerprint density at radius 2 is 2.08 bits per heavy atom. The molecule has 0 radical (unpaired) electrons. The first-order chi connectivity index (χ1) is 6.36. The lowest BCUT2D eigenvalue weighted by Crippen LogP contribution is -1.86. The van der Waals surface area contributed by atoms with E-state index in [1.165, 1.54) is 0 Å². The summed E-state index contributed by atoms with van der Waals surface area (Å²) in [6.07, 6.45) is 0.824. The Hall–Kier alpha value is -1.28. The summed E-state index contributed by atoms with van der Waals surface area (Å²) in [5.41, 5.74) is 1.79. The van der Waals surface area contributed by atoms with E-state index in [0.29, 0.717) is 0 Å². The summed E-state index contributed by atoms with van der Waals surface area (Å²) in [7, 11) is 0. The molecule has 0 amide bonds. The highest BCUT2D eigenvalue weighted by Gasteiger charge is 2.10. The summed E-state index contributed by atoms with van der Waals surface area (Å²) in [6, 6.07) is 7.79. The van der Waals surface area contributed by atoms with Crippen LogP contribution in [-0.4, -0.2) is 5.11 Å². The van der Waals surface area contributed by atoms with Crippen LogP contribution in [0.5, 0.6) is 0 Å². The van der Waals surface area contributed by atoms with Gasteiger partial charge >= 0.3 is 0 Å². The summed E-state index contributed by atoms with van der Waals surface area (Å²) in [5.74, 6) is 0.892. The molecule has 0 aliphatic heterocycles. The molecule has 0 saturated heterocycles. The van der Waals surface area contributed by atoms with Gasteiger partial charge in [-0.05, 0) is 6.07 Å². The molecule has 2 rings (SSSR count). The lowest BCUT2D eigenvalue weighted by molar-refractivity contribution is 0.279. The third-order valence-electron chi connectivity index (χ3n) is 2.26. The highest BCUT2D eigenvalue weighted by atomic mass is 16.3. The molecule has 0 fully saturated rings. The standard InChI is InChI=1S/C11H12O2/c1-2-10-9(7-12)8-5-3-4-6-11(8)13-10/h3-6,12H,2,7H2,1H3. The number of para-hydroxylation sites is 1. The van der Waals surface area contributed by atoms with Gasteiger partial charge < -0.3 is 9.52 Å². The fourth-order valence-electron chi connectivity index (χ4n) is 1.61. The quantitative estimate of drug-likeness (QED) is 0.762. The predicted molar refractivity (Wildman–Crippen MR) is 51.5 cm³/mol. The molecule has 0 aliphatic carbocycles. The average molecular weight is 176 g/mol. The fourth-order valence-corrected chi connectivity index (χ4v) is 1.61. The first kappa shape index (κ1) is 8.32. The van der Waals surface area contributed by atoms with Gasteiger partial charge in [-0.15, -0.1) is 0 Å². The highest BCUT2D eigenvalue weighted by molar-refractivity contribution is 5.82. The van der Waals surface area contributed by atoms with Crippen molar-refractivity contribution in [2.45, 2.75) is 20.0 Å². The van der Waals surface area contributed by atoms with Crippen molar-refractivity contribution in [1.29, 1.82) is 0 Å². The van der Waals surface area contributed by atoms with Crippen molar-refractivity contribution in [3.63, 3.8) is 0 Å². The molecule has 13 heavy (non-hydrogen) atoms. The Morgan fingerprint density at radius 1 is 1.31 bits per heavy atom. The number of benzene rings is 1. The molecule has 0 unspecified atom stereocenters. The van der Waals surface area contributed by atoms with Crippen LogP contribution in [0.2, 0.25) is 0 Å². The molecule has 2 heteroatoms. The first-order valence-electron chi connectivity index (χ1n) is 4.47. The van der Waals surface area contributed by atoms with Crippen molar-refractivity contribution >= 4 is 11.0 Å². The molecule has 0 bridgehead atoms. The van der Waals surface area contributed by atoms with Crippen molar-refractivity contribution in [3.8, 4) is 0 Å². The maximum Gasteiger partial charge on any atom is 0.134 e. The monoisotopic (exact) mass is 176 g/mol. The number of hydrogen-bond acceptors (Lipinski definition) is 2. The van der Waals surface area contributed by atoms with Crippen LogP contribution in [0.4, 0.5) is 0 Å². The molecule has 1 N–H and O–H groups in total. The summed E-state index contributed by atoms with van der Waals surface area (Å²) in [5, 5.41) is 10.2. The SMILES string of the molecule is CCc1oc2ccccc2c1CO. The van der Waals surface area contributed by atoms with E-state index in [9.17, 15) is 5.11 Å². The number of aliphatic hydroxyl groups excluding tert-OH is 1. The maximum absolute atomic E-state index is 9.18. The Balaban J connectivity index is 2.73. The molecule has 68 valence electrons. The molecule has 1 aromatic carbocycles. The Kier molecular flexibility index (Phi) is 2.07. The molecule has 2 nitrogen and oxygen atoms in total. The van der Waals surface area contributed by atoms with Crippen molar-refractivity contribution in [1.82, 2.24) is 0 Å². The normalized spacial score (nSPS) is 10.9. The molecule has 2 aromatic rings. The first-order valence-corrected chi connectivity index (χ1v) is 4.47. The number of rotatable bonds is 2. The minimum absolute atomic E-state index is 0.0557. The van der Waals surface area contributed by atoms with Crippen LogP contribution in [0, 0.1) is 0 Å². The van der Waals surface area contributed by atoms with Gasteiger partial charge in [-0.2, -0.15) is 0 Å². The molecule has 1 aromatic heterocycles. The van der Waals surface area contributed by atoms with Gasteiger partial charge in [-0.3, -0.25) is 0 Å². The molecule has 0 atom stereocenters. The summed E-state index contributed by atoms with van der Waals surface area (Å²) >= 11 is 0. The van der Waals surface area contributed by atoms with E-state index in [1.54, 1.807) is 0 Å². The number of hydrogen-bond donors (Lipinski definition) is 1. The van der Waals surface area contributed by atoms with Gasteiger partial charge in [0.05, 0.1) is 6.61 Å². The Bertz CT molecular complexity index is 415. The molecule has 0 aliphatic rings.